The van der Waals surface area contributed by atoms with Gasteiger partial charge in [0.25, 0.3) is 0 Å². The van der Waals surface area contributed by atoms with Crippen molar-refractivity contribution in [2.24, 2.45) is 0 Å². The minimum Gasteiger partial charge on any atom is -0.494 e. The number of aromatic nitrogens is 4. The zero-order valence-corrected chi connectivity index (χ0v) is 17.6. The molecule has 3 aromatic rings. The van der Waals surface area contributed by atoms with Gasteiger partial charge in [-0.05, 0) is 46.7 Å². The summed E-state index contributed by atoms with van der Waals surface area (Å²) in [7, 11) is 1.25. The highest BCUT2D eigenvalue weighted by Gasteiger charge is 2.37. The van der Waals surface area contributed by atoms with Gasteiger partial charge in [-0.2, -0.15) is 4.68 Å². The molecule has 1 aromatic heterocycles. The van der Waals surface area contributed by atoms with Crippen molar-refractivity contribution in [3.8, 4) is 5.75 Å². The van der Waals surface area contributed by atoms with Gasteiger partial charge in [0, 0.05) is 0 Å². The van der Waals surface area contributed by atoms with Crippen LogP contribution < -0.4 is 10.1 Å². The number of ether oxygens (including phenoxy) is 2. The van der Waals surface area contributed by atoms with Crippen molar-refractivity contribution in [2.75, 3.05) is 19.0 Å². The molecule has 9 nitrogen and oxygen atoms in total. The summed E-state index contributed by atoms with van der Waals surface area (Å²) in [5.74, 6) is -0.141. The summed E-state index contributed by atoms with van der Waals surface area (Å²) in [6.45, 7) is 2.43. The smallest absolute Gasteiger partial charge is 0.355 e. The van der Waals surface area contributed by atoms with Crippen LogP contribution in [0.4, 0.5) is 5.95 Å². The van der Waals surface area contributed by atoms with Gasteiger partial charge in [-0.1, -0.05) is 53.6 Å². The van der Waals surface area contributed by atoms with E-state index in [9.17, 15) is 9.59 Å². The van der Waals surface area contributed by atoms with E-state index in [2.05, 4.69) is 20.8 Å². The number of carbonyl (C=O) groups excluding carboxylic acids is 2. The Morgan fingerprint density at radius 1 is 1.12 bits per heavy atom. The molecule has 0 bridgehead atoms. The Morgan fingerprint density at radius 3 is 2.56 bits per heavy atom. The second-order valence-electron chi connectivity index (χ2n) is 6.87. The van der Waals surface area contributed by atoms with Crippen LogP contribution in [0.25, 0.3) is 6.08 Å². The van der Waals surface area contributed by atoms with Gasteiger partial charge >= 0.3 is 5.97 Å². The maximum Gasteiger partial charge on any atom is 0.355 e. The summed E-state index contributed by atoms with van der Waals surface area (Å²) in [5, 5.41) is 14.5. The predicted octanol–water partition coefficient (Wildman–Crippen LogP) is 2.80. The highest BCUT2D eigenvalue weighted by atomic mass is 16.5. The van der Waals surface area contributed by atoms with Gasteiger partial charge in [0.15, 0.2) is 5.78 Å². The molecule has 1 atom stereocenters. The topological polar surface area (TPSA) is 108 Å². The average molecular weight is 431 g/mol. The van der Waals surface area contributed by atoms with E-state index in [0.29, 0.717) is 17.9 Å². The van der Waals surface area contributed by atoms with Crippen LogP contribution in [0.15, 0.2) is 71.9 Å². The fourth-order valence-electron chi connectivity index (χ4n) is 3.46. The molecule has 2 aromatic carbocycles. The van der Waals surface area contributed by atoms with Crippen molar-refractivity contribution in [3.63, 3.8) is 0 Å². The fraction of sp³-hybridized carbons (Fsp3) is 0.174. The molecule has 162 valence electrons. The number of rotatable bonds is 7. The maximum absolute atomic E-state index is 13.4. The molecule has 0 radical (unpaired) electrons. The van der Waals surface area contributed by atoms with Crippen molar-refractivity contribution in [2.45, 2.75) is 13.0 Å². The number of hydrogen-bond donors (Lipinski definition) is 1. The molecular weight excluding hydrogens is 410 g/mol. The number of hydrogen-bond acceptors (Lipinski definition) is 8. The van der Waals surface area contributed by atoms with Crippen LogP contribution in [0, 0.1) is 0 Å². The summed E-state index contributed by atoms with van der Waals surface area (Å²) in [6, 6.07) is 15.9. The first kappa shape index (κ1) is 21.0. The highest BCUT2D eigenvalue weighted by Crippen LogP contribution is 2.36. The molecule has 0 saturated carbocycles. The number of tetrazole rings is 1. The third kappa shape index (κ3) is 4.13. The number of nitrogens with one attached hydrogen (secondary N) is 1. The third-order valence-electron chi connectivity index (χ3n) is 4.91. The van der Waals surface area contributed by atoms with Gasteiger partial charge in [-0.3, -0.25) is 4.79 Å². The van der Waals surface area contributed by atoms with Gasteiger partial charge in [0.2, 0.25) is 5.95 Å². The second kappa shape index (κ2) is 9.25. The van der Waals surface area contributed by atoms with Crippen molar-refractivity contribution < 1.29 is 19.1 Å². The number of anilines is 1. The van der Waals surface area contributed by atoms with E-state index in [1.165, 1.54) is 17.9 Å². The SMILES string of the molecule is CCOc1ccc([C@@H]2C(C(=O)/C=C/c3ccccc3)=C(C(=O)OC)Nc3nnnn32)cc1. The molecular formula is C23H21N5O4. The lowest BCUT2D eigenvalue weighted by atomic mass is 9.91. The lowest BCUT2D eigenvalue weighted by Crippen LogP contribution is -2.32. The van der Waals surface area contributed by atoms with Crippen LogP contribution in [-0.4, -0.2) is 45.7 Å². The van der Waals surface area contributed by atoms with Crippen LogP contribution in [0.3, 0.4) is 0 Å². The summed E-state index contributed by atoms with van der Waals surface area (Å²) in [6.07, 6.45) is 3.11. The van der Waals surface area contributed by atoms with Crippen LogP contribution in [0.1, 0.15) is 24.1 Å². The van der Waals surface area contributed by atoms with Crippen LogP contribution in [-0.2, 0) is 14.3 Å². The molecule has 2 heterocycles. The second-order valence-corrected chi connectivity index (χ2v) is 6.87. The van der Waals surface area contributed by atoms with E-state index in [1.807, 2.05) is 49.4 Å². The number of ketones is 1. The number of methoxy groups -OCH3 is 1. The first-order valence-electron chi connectivity index (χ1n) is 10.00. The van der Waals surface area contributed by atoms with Gasteiger partial charge < -0.3 is 14.8 Å². The third-order valence-corrected chi connectivity index (χ3v) is 4.91. The van der Waals surface area contributed by atoms with E-state index < -0.39 is 12.0 Å². The molecule has 1 aliphatic heterocycles. The molecule has 1 aliphatic rings. The number of esters is 1. The first-order chi connectivity index (χ1) is 15.6. The molecule has 0 amide bonds. The zero-order valence-electron chi connectivity index (χ0n) is 17.6. The number of nitrogens with zero attached hydrogens (tertiary/aromatic N) is 4. The molecule has 4 rings (SSSR count). The van der Waals surface area contributed by atoms with E-state index in [1.54, 1.807) is 18.2 Å². The van der Waals surface area contributed by atoms with E-state index in [4.69, 9.17) is 9.47 Å². The summed E-state index contributed by atoms with van der Waals surface area (Å²) < 4.78 is 11.9. The Labute approximate surface area is 184 Å². The quantitative estimate of drug-likeness (QED) is 0.449. The molecule has 1 N–H and O–H groups in total. The molecule has 9 heteroatoms. The summed E-state index contributed by atoms with van der Waals surface area (Å²) in [5.41, 5.74) is 1.73. The standard InChI is InChI=1S/C23H21N5O4/c1-3-32-17-12-10-16(11-13-17)21-19(18(29)14-9-15-7-5-4-6-8-15)20(22(30)31-2)24-23-25-26-27-28(21)23/h4-14,21H,3H2,1-2H3,(H,24,25,27)/b14-9+/t21-/m1/s1. The number of fused-ring (bicyclic) bond motifs is 1. The Balaban J connectivity index is 1.81. The van der Waals surface area contributed by atoms with E-state index in [0.717, 1.165) is 5.56 Å². The summed E-state index contributed by atoms with van der Waals surface area (Å²) >= 11 is 0. The van der Waals surface area contributed by atoms with Crippen LogP contribution in [0.5, 0.6) is 5.75 Å². The highest BCUT2D eigenvalue weighted by molar-refractivity contribution is 6.13. The van der Waals surface area contributed by atoms with Crippen molar-refractivity contribution >= 4 is 23.8 Å². The predicted molar refractivity (Wildman–Crippen MR) is 117 cm³/mol. The van der Waals surface area contributed by atoms with E-state index in [-0.39, 0.29) is 23.0 Å². The molecule has 0 saturated heterocycles. The lowest BCUT2D eigenvalue weighted by Gasteiger charge is -2.27. The van der Waals surface area contributed by atoms with Gasteiger partial charge in [-0.15, -0.1) is 0 Å². The molecule has 32 heavy (non-hydrogen) atoms. The molecule has 0 unspecified atom stereocenters. The Kier molecular flexibility index (Phi) is 6.07. The zero-order chi connectivity index (χ0) is 22.5. The van der Waals surface area contributed by atoms with Crippen molar-refractivity contribution in [3.05, 3.63) is 83.1 Å². The number of allylic oxidation sites excluding steroid dienone is 2. The van der Waals surface area contributed by atoms with Crippen LogP contribution in [0.2, 0.25) is 0 Å². The minimum absolute atomic E-state index is 0.00334. The monoisotopic (exact) mass is 431 g/mol. The Hall–Kier alpha value is -4.27. The Morgan fingerprint density at radius 2 is 1.88 bits per heavy atom. The largest absolute Gasteiger partial charge is 0.494 e. The molecule has 0 aliphatic carbocycles. The minimum atomic E-state index is -0.737. The normalized spacial score (nSPS) is 15.2. The van der Waals surface area contributed by atoms with Gasteiger partial charge in [0.05, 0.1) is 19.3 Å². The summed E-state index contributed by atoms with van der Waals surface area (Å²) in [4.78, 5) is 26.0. The number of benzene rings is 2. The van der Waals surface area contributed by atoms with E-state index >= 15 is 0 Å². The Bertz CT molecular complexity index is 1180. The first-order valence-corrected chi connectivity index (χ1v) is 10.00. The fourth-order valence-corrected chi connectivity index (χ4v) is 3.46. The molecule has 0 fully saturated rings. The lowest BCUT2D eigenvalue weighted by molar-refractivity contribution is -0.136. The van der Waals surface area contributed by atoms with Crippen molar-refractivity contribution in [1.29, 1.82) is 0 Å². The van der Waals surface area contributed by atoms with Gasteiger partial charge in [0.1, 0.15) is 17.5 Å². The van der Waals surface area contributed by atoms with Gasteiger partial charge in [-0.25, -0.2) is 4.79 Å². The van der Waals surface area contributed by atoms with Crippen LogP contribution >= 0.6 is 0 Å². The van der Waals surface area contributed by atoms with Crippen molar-refractivity contribution in [1.82, 2.24) is 20.2 Å². The number of carbonyl (C=O) groups is 2. The molecule has 0 spiro atoms. The maximum atomic E-state index is 13.4. The average Bonchev–Trinajstić information content (AvgIpc) is 3.31.